The molecule has 8 nitrogen and oxygen atoms in total. The molecule has 2 rings (SSSR count). The molecule has 0 bridgehead atoms. The highest BCUT2D eigenvalue weighted by Gasteiger charge is 2.27. The van der Waals surface area contributed by atoms with Crippen molar-refractivity contribution in [2.45, 2.75) is 20.8 Å². The molecule has 0 aliphatic carbocycles. The Morgan fingerprint density at radius 3 is 2.09 bits per heavy atom. The molecule has 32 heavy (non-hydrogen) atoms. The molecule has 2 amide bonds. The van der Waals surface area contributed by atoms with Crippen LogP contribution in [0.1, 0.15) is 39.4 Å². The van der Waals surface area contributed by atoms with E-state index in [2.05, 4.69) is 10.6 Å². The van der Waals surface area contributed by atoms with Crippen LogP contribution in [0.3, 0.4) is 0 Å². The summed E-state index contributed by atoms with van der Waals surface area (Å²) in [5.41, 5.74) is 0.918. The second kappa shape index (κ2) is 12.2. The van der Waals surface area contributed by atoms with Gasteiger partial charge >= 0.3 is 11.9 Å². The fraction of sp³-hybridized carbons (Fsp3) is 0.333. The van der Waals surface area contributed by atoms with E-state index in [4.69, 9.17) is 9.47 Å². The van der Waals surface area contributed by atoms with Crippen molar-refractivity contribution >= 4 is 57.5 Å². The predicted molar refractivity (Wildman–Crippen MR) is 122 cm³/mol. The Morgan fingerprint density at radius 2 is 1.50 bits per heavy atom. The minimum Gasteiger partial charge on any atom is -0.462 e. The van der Waals surface area contributed by atoms with Crippen molar-refractivity contribution in [1.29, 1.82) is 0 Å². The van der Waals surface area contributed by atoms with Gasteiger partial charge in [0.2, 0.25) is 11.8 Å². The molecule has 1 aromatic heterocycles. The fourth-order valence-corrected chi connectivity index (χ4v) is 4.29. The first kappa shape index (κ1) is 25.3. The van der Waals surface area contributed by atoms with Crippen molar-refractivity contribution in [2.24, 2.45) is 0 Å². The number of thiophene rings is 1. The molecule has 0 unspecified atom stereocenters. The molecule has 1 aromatic carbocycles. The van der Waals surface area contributed by atoms with E-state index in [9.17, 15) is 23.6 Å². The standard InChI is InChI=1S/C21H23FN2O6S2/c1-4-29-20(27)17-12(3)18(21(28)30-5-2)32-19(17)24-16(26)11-31-10-15(25)23-14-8-6-13(22)7-9-14/h6-9H,4-5,10-11H2,1-3H3,(H,23,25)(H,24,26). The Kier molecular flexibility index (Phi) is 9.66. The summed E-state index contributed by atoms with van der Waals surface area (Å²) in [5.74, 6) is -2.53. The number of benzene rings is 1. The van der Waals surface area contributed by atoms with Crippen LogP contribution < -0.4 is 10.6 Å². The lowest BCUT2D eigenvalue weighted by molar-refractivity contribution is -0.114. The lowest BCUT2D eigenvalue weighted by atomic mass is 10.1. The van der Waals surface area contributed by atoms with Crippen LogP contribution in [-0.4, -0.2) is 48.5 Å². The van der Waals surface area contributed by atoms with Crippen LogP contribution in [0, 0.1) is 12.7 Å². The molecule has 0 radical (unpaired) electrons. The maximum atomic E-state index is 12.9. The van der Waals surface area contributed by atoms with Crippen LogP contribution in [0.25, 0.3) is 0 Å². The van der Waals surface area contributed by atoms with Crippen molar-refractivity contribution in [2.75, 3.05) is 35.4 Å². The zero-order valence-corrected chi connectivity index (χ0v) is 19.4. The molecule has 0 aliphatic heterocycles. The topological polar surface area (TPSA) is 111 Å². The smallest absolute Gasteiger partial charge is 0.348 e. The first-order valence-corrected chi connectivity index (χ1v) is 11.6. The number of halogens is 1. The van der Waals surface area contributed by atoms with Gasteiger partial charge in [-0.05, 0) is 50.6 Å². The van der Waals surface area contributed by atoms with E-state index >= 15 is 0 Å². The maximum Gasteiger partial charge on any atom is 0.348 e. The summed E-state index contributed by atoms with van der Waals surface area (Å²) in [7, 11) is 0. The maximum absolute atomic E-state index is 12.9. The largest absolute Gasteiger partial charge is 0.462 e. The molecule has 11 heteroatoms. The van der Waals surface area contributed by atoms with Gasteiger partial charge in [0.25, 0.3) is 0 Å². The van der Waals surface area contributed by atoms with E-state index < -0.39 is 23.7 Å². The SMILES string of the molecule is CCOC(=O)c1sc(NC(=O)CSCC(=O)Nc2ccc(F)cc2)c(C(=O)OCC)c1C. The normalized spacial score (nSPS) is 10.4. The molecule has 1 heterocycles. The van der Waals surface area contributed by atoms with Gasteiger partial charge in [-0.15, -0.1) is 23.1 Å². The van der Waals surface area contributed by atoms with Crippen molar-refractivity contribution in [3.63, 3.8) is 0 Å². The third-order valence-electron chi connectivity index (χ3n) is 3.93. The number of hydrogen-bond donors (Lipinski definition) is 2. The van der Waals surface area contributed by atoms with Crippen molar-refractivity contribution in [3.05, 3.63) is 46.1 Å². The van der Waals surface area contributed by atoms with Gasteiger partial charge in [0, 0.05) is 5.69 Å². The quantitative estimate of drug-likeness (QED) is 0.495. The number of nitrogens with one attached hydrogen (secondary N) is 2. The monoisotopic (exact) mass is 482 g/mol. The number of ether oxygens (including phenoxy) is 2. The molecule has 0 saturated carbocycles. The number of rotatable bonds is 10. The number of carbonyl (C=O) groups excluding carboxylic acids is 4. The van der Waals surface area contributed by atoms with Crippen LogP contribution in [0.15, 0.2) is 24.3 Å². The lowest BCUT2D eigenvalue weighted by Crippen LogP contribution is -2.19. The van der Waals surface area contributed by atoms with E-state index in [0.29, 0.717) is 11.3 Å². The van der Waals surface area contributed by atoms with Gasteiger partial charge < -0.3 is 20.1 Å². The summed E-state index contributed by atoms with van der Waals surface area (Å²) in [6.07, 6.45) is 0. The minimum absolute atomic E-state index is 0.00687. The van der Waals surface area contributed by atoms with E-state index in [1.54, 1.807) is 20.8 Å². The van der Waals surface area contributed by atoms with E-state index in [-0.39, 0.29) is 46.1 Å². The van der Waals surface area contributed by atoms with Crippen LogP contribution >= 0.6 is 23.1 Å². The van der Waals surface area contributed by atoms with Crippen LogP contribution in [-0.2, 0) is 19.1 Å². The molecular weight excluding hydrogens is 459 g/mol. The van der Waals surface area contributed by atoms with Crippen LogP contribution in [0.4, 0.5) is 15.1 Å². The highest BCUT2D eigenvalue weighted by Crippen LogP contribution is 2.34. The summed E-state index contributed by atoms with van der Waals surface area (Å²) in [5, 5.41) is 5.40. The van der Waals surface area contributed by atoms with Crippen LogP contribution in [0.2, 0.25) is 0 Å². The summed E-state index contributed by atoms with van der Waals surface area (Å²) in [6, 6.07) is 5.32. The summed E-state index contributed by atoms with van der Waals surface area (Å²) < 4.78 is 23.0. The number of thioether (sulfide) groups is 1. The Morgan fingerprint density at radius 1 is 0.938 bits per heavy atom. The third-order valence-corrected chi connectivity index (χ3v) is 6.05. The Bertz CT molecular complexity index is 991. The van der Waals surface area contributed by atoms with Gasteiger partial charge in [-0.3, -0.25) is 9.59 Å². The number of amides is 2. The second-order valence-corrected chi connectivity index (χ2v) is 8.30. The molecule has 0 aliphatic rings. The molecule has 172 valence electrons. The first-order valence-electron chi connectivity index (χ1n) is 9.67. The molecule has 0 spiro atoms. The average molecular weight is 483 g/mol. The number of carbonyl (C=O) groups is 4. The Balaban J connectivity index is 1.99. The number of esters is 2. The van der Waals surface area contributed by atoms with E-state index in [0.717, 1.165) is 23.1 Å². The van der Waals surface area contributed by atoms with Crippen molar-refractivity contribution < 1.29 is 33.0 Å². The van der Waals surface area contributed by atoms with E-state index in [1.807, 2.05) is 0 Å². The molecule has 2 N–H and O–H groups in total. The van der Waals surface area contributed by atoms with Gasteiger partial charge in [-0.2, -0.15) is 0 Å². The van der Waals surface area contributed by atoms with Crippen molar-refractivity contribution in [3.8, 4) is 0 Å². The number of anilines is 2. The molecule has 0 fully saturated rings. The first-order chi connectivity index (χ1) is 15.3. The van der Waals surface area contributed by atoms with Gasteiger partial charge in [0.1, 0.15) is 15.7 Å². The minimum atomic E-state index is -0.654. The van der Waals surface area contributed by atoms with E-state index in [1.165, 1.54) is 24.3 Å². The Labute approximate surface area is 192 Å². The zero-order valence-electron chi connectivity index (χ0n) is 17.8. The zero-order chi connectivity index (χ0) is 23.7. The predicted octanol–water partition coefficient (Wildman–Crippen LogP) is 3.86. The molecular formula is C21H23FN2O6S2. The number of hydrogen-bond acceptors (Lipinski definition) is 8. The Hall–Kier alpha value is -2.92. The third kappa shape index (κ3) is 7.06. The van der Waals surface area contributed by atoms with Crippen molar-refractivity contribution in [1.82, 2.24) is 0 Å². The molecule has 2 aromatic rings. The molecule has 0 saturated heterocycles. The fourth-order valence-electron chi connectivity index (χ4n) is 2.57. The summed E-state index contributed by atoms with van der Waals surface area (Å²) in [6.45, 7) is 5.20. The molecule has 0 atom stereocenters. The van der Waals surface area contributed by atoms with Crippen LogP contribution in [0.5, 0.6) is 0 Å². The summed E-state index contributed by atoms with van der Waals surface area (Å²) >= 11 is 1.99. The summed E-state index contributed by atoms with van der Waals surface area (Å²) in [4.78, 5) is 49.1. The van der Waals surface area contributed by atoms with Gasteiger partial charge in [-0.25, -0.2) is 14.0 Å². The second-order valence-electron chi connectivity index (χ2n) is 6.30. The van der Waals surface area contributed by atoms with Gasteiger partial charge in [-0.1, -0.05) is 0 Å². The van der Waals surface area contributed by atoms with Gasteiger partial charge in [0.05, 0.1) is 30.3 Å². The highest BCUT2D eigenvalue weighted by atomic mass is 32.2. The lowest BCUT2D eigenvalue weighted by Gasteiger charge is -2.07. The average Bonchev–Trinajstić information content (AvgIpc) is 3.06. The highest BCUT2D eigenvalue weighted by molar-refractivity contribution is 8.00. The van der Waals surface area contributed by atoms with Gasteiger partial charge in [0.15, 0.2) is 0 Å².